The van der Waals surface area contributed by atoms with Crippen molar-refractivity contribution in [3.63, 3.8) is 0 Å². The van der Waals surface area contributed by atoms with Gasteiger partial charge in [0.25, 0.3) is 0 Å². The van der Waals surface area contributed by atoms with E-state index in [1.165, 1.54) is 0 Å². The maximum absolute atomic E-state index is 4.09. The lowest BCUT2D eigenvalue weighted by atomic mass is 9.84. The Kier molecular flexibility index (Phi) is 2.07. The van der Waals surface area contributed by atoms with Gasteiger partial charge in [-0.15, -0.1) is 5.10 Å². The summed E-state index contributed by atoms with van der Waals surface area (Å²) in [6.07, 6.45) is 8.74. The zero-order valence-corrected chi connectivity index (χ0v) is 9.70. The molecule has 3 nitrogen and oxygen atoms in total. The van der Waals surface area contributed by atoms with E-state index in [0.717, 1.165) is 10.7 Å². The van der Waals surface area contributed by atoms with Gasteiger partial charge in [0.2, 0.25) is 0 Å². The third-order valence-corrected chi connectivity index (χ3v) is 2.57. The van der Waals surface area contributed by atoms with E-state index in [-0.39, 0.29) is 10.8 Å². The van der Waals surface area contributed by atoms with E-state index in [1.54, 1.807) is 0 Å². The van der Waals surface area contributed by atoms with Crippen LogP contribution in [-0.2, 0) is 0 Å². The second kappa shape index (κ2) is 3.05. The number of hydrogen-bond acceptors (Lipinski definition) is 2. The molecule has 1 aromatic rings. The number of H-pyrrole nitrogens is 1. The highest BCUT2D eigenvalue weighted by molar-refractivity contribution is 5.42. The number of nitrogens with zero attached hydrogens (tertiary/aromatic N) is 2. The van der Waals surface area contributed by atoms with Crippen LogP contribution in [0.15, 0.2) is 12.2 Å². The summed E-state index contributed by atoms with van der Waals surface area (Å²) in [7, 11) is 0. The van der Waals surface area contributed by atoms with Crippen molar-refractivity contribution in [1.29, 1.82) is 0 Å². The number of hydrogen-bond donors (Lipinski definition) is 1. The molecule has 0 fully saturated rings. The first kappa shape index (κ1) is 10.1. The second-order valence-electron chi connectivity index (χ2n) is 5.38. The molecule has 1 N–H and O–H groups in total. The zero-order valence-electron chi connectivity index (χ0n) is 9.70. The Morgan fingerprint density at radius 2 is 1.60 bits per heavy atom. The summed E-state index contributed by atoms with van der Waals surface area (Å²) in [6.45, 7) is 8.69. The molecule has 0 aromatic carbocycles. The van der Waals surface area contributed by atoms with Crippen LogP contribution >= 0.6 is 0 Å². The maximum atomic E-state index is 4.09. The molecule has 0 aliphatic heterocycles. The van der Waals surface area contributed by atoms with Crippen molar-refractivity contribution in [3.05, 3.63) is 22.9 Å². The first-order valence-electron chi connectivity index (χ1n) is 5.21. The van der Waals surface area contributed by atoms with Gasteiger partial charge in [-0.05, 0) is 12.2 Å². The molecule has 0 amide bonds. The van der Waals surface area contributed by atoms with Gasteiger partial charge in [0.15, 0.2) is 0 Å². The average Bonchev–Trinajstić information content (AvgIpc) is 2.47. The Balaban J connectivity index is 2.77. The van der Waals surface area contributed by atoms with Gasteiger partial charge in [-0.1, -0.05) is 45.1 Å². The van der Waals surface area contributed by atoms with Crippen LogP contribution in [0, 0.1) is 10.8 Å². The molecule has 80 valence electrons. The van der Waals surface area contributed by atoms with Crippen LogP contribution in [0.5, 0.6) is 0 Å². The molecule has 15 heavy (non-hydrogen) atoms. The minimum absolute atomic E-state index is 0.0250. The van der Waals surface area contributed by atoms with Gasteiger partial charge in [0.1, 0.15) is 5.35 Å². The van der Waals surface area contributed by atoms with E-state index in [4.69, 9.17) is 0 Å². The number of aromatic amines is 1. The lowest BCUT2D eigenvalue weighted by molar-refractivity contribution is 0.616. The monoisotopic (exact) mass is 203 g/mol. The molecule has 0 unspecified atom stereocenters. The molecule has 0 saturated heterocycles. The molecule has 1 heterocycles. The molecule has 0 saturated carbocycles. The minimum atomic E-state index is 0.0250. The first-order valence-corrected chi connectivity index (χ1v) is 5.21. The van der Waals surface area contributed by atoms with E-state index in [0.29, 0.717) is 0 Å². The van der Waals surface area contributed by atoms with Crippen molar-refractivity contribution >= 4 is 12.2 Å². The van der Waals surface area contributed by atoms with Gasteiger partial charge in [0.05, 0.1) is 5.35 Å². The Hall–Kier alpha value is -1.38. The predicted octanol–water partition coefficient (Wildman–Crippen LogP) is 0.988. The summed E-state index contributed by atoms with van der Waals surface area (Å²) in [5.74, 6) is 0. The van der Waals surface area contributed by atoms with Gasteiger partial charge in [0, 0.05) is 10.8 Å². The summed E-state index contributed by atoms with van der Waals surface area (Å²) >= 11 is 0. The largest absolute Gasteiger partial charge is 0.258 e. The van der Waals surface area contributed by atoms with Crippen LogP contribution in [0.4, 0.5) is 0 Å². The van der Waals surface area contributed by atoms with Gasteiger partial charge >= 0.3 is 0 Å². The van der Waals surface area contributed by atoms with Crippen molar-refractivity contribution in [2.75, 3.05) is 0 Å². The lowest BCUT2D eigenvalue weighted by Crippen LogP contribution is -2.31. The normalized spacial score (nSPS) is 28.5. The standard InChI is InChI=1S/C12H17N3/c1-11(2)5-6-12(3,4)8-10-9(7-11)13-15-14-10/h5-8H,1-4H3,(H,13,14)/b6-5-,9-7+,10-8+. The molecule has 0 spiro atoms. The number of nitrogens with one attached hydrogen (secondary N) is 1. The molecule has 0 radical (unpaired) electrons. The number of rotatable bonds is 0. The summed E-state index contributed by atoms with van der Waals surface area (Å²) in [5.41, 5.74) is 0.0612. The van der Waals surface area contributed by atoms with Crippen LogP contribution in [0.3, 0.4) is 0 Å². The van der Waals surface area contributed by atoms with Crippen molar-refractivity contribution in [1.82, 2.24) is 15.4 Å². The summed E-state index contributed by atoms with van der Waals surface area (Å²) < 4.78 is 0. The fourth-order valence-electron chi connectivity index (χ4n) is 1.71. The number of allylic oxidation sites excluding steroid dienone is 2. The highest BCUT2D eigenvalue weighted by atomic mass is 15.3. The average molecular weight is 203 g/mol. The fraction of sp³-hybridized carbons (Fsp3) is 0.500. The molecular weight excluding hydrogens is 186 g/mol. The summed E-state index contributed by atoms with van der Waals surface area (Å²) in [6, 6.07) is 0. The number of fused-ring (bicyclic) bond motifs is 1. The molecular formula is C12H17N3. The van der Waals surface area contributed by atoms with Gasteiger partial charge < -0.3 is 0 Å². The molecule has 1 aliphatic carbocycles. The highest BCUT2D eigenvalue weighted by Crippen LogP contribution is 2.26. The van der Waals surface area contributed by atoms with Gasteiger partial charge in [-0.25, -0.2) is 0 Å². The Labute approximate surface area is 89.6 Å². The summed E-state index contributed by atoms with van der Waals surface area (Å²) in [4.78, 5) is 0. The van der Waals surface area contributed by atoms with Crippen molar-refractivity contribution in [2.45, 2.75) is 27.7 Å². The van der Waals surface area contributed by atoms with Crippen LogP contribution in [0.1, 0.15) is 27.7 Å². The smallest absolute Gasteiger partial charge is 0.109 e. The van der Waals surface area contributed by atoms with Gasteiger partial charge in [-0.3, -0.25) is 5.10 Å². The topological polar surface area (TPSA) is 41.6 Å². The van der Waals surface area contributed by atoms with Crippen molar-refractivity contribution < 1.29 is 0 Å². The fourth-order valence-corrected chi connectivity index (χ4v) is 1.71. The molecule has 1 aliphatic rings. The van der Waals surface area contributed by atoms with Crippen molar-refractivity contribution in [3.8, 4) is 0 Å². The second-order valence-corrected chi connectivity index (χ2v) is 5.38. The van der Waals surface area contributed by atoms with Crippen LogP contribution in [0.2, 0.25) is 0 Å². The minimum Gasteiger partial charge on any atom is -0.258 e. The van der Waals surface area contributed by atoms with E-state index in [1.807, 2.05) is 0 Å². The summed E-state index contributed by atoms with van der Waals surface area (Å²) in [5, 5.41) is 12.8. The highest BCUT2D eigenvalue weighted by Gasteiger charge is 2.17. The molecule has 1 aromatic heterocycles. The third kappa shape index (κ3) is 2.17. The van der Waals surface area contributed by atoms with Crippen LogP contribution < -0.4 is 10.7 Å². The molecule has 2 rings (SSSR count). The van der Waals surface area contributed by atoms with Crippen molar-refractivity contribution in [2.24, 2.45) is 10.8 Å². The Morgan fingerprint density at radius 1 is 1.00 bits per heavy atom. The lowest BCUT2D eigenvalue weighted by Gasteiger charge is -2.21. The first-order chi connectivity index (χ1) is 6.88. The maximum Gasteiger partial charge on any atom is 0.109 e. The quantitative estimate of drug-likeness (QED) is 0.639. The SMILES string of the molecule is CC1(C)/C=C\C(C)(C)/C=c2/[nH]nn/c2=C/1. The predicted molar refractivity (Wildman–Crippen MR) is 61.3 cm³/mol. The third-order valence-electron chi connectivity index (χ3n) is 2.57. The molecule has 3 heteroatoms. The van der Waals surface area contributed by atoms with E-state index in [9.17, 15) is 0 Å². The molecule has 0 atom stereocenters. The Bertz CT molecular complexity index is 459. The van der Waals surface area contributed by atoms with Crippen LogP contribution in [-0.4, -0.2) is 15.4 Å². The van der Waals surface area contributed by atoms with E-state index < -0.39 is 0 Å². The van der Waals surface area contributed by atoms with Gasteiger partial charge in [-0.2, -0.15) is 0 Å². The molecule has 0 bridgehead atoms. The van der Waals surface area contributed by atoms with E-state index >= 15 is 0 Å². The number of aromatic nitrogens is 3. The zero-order chi connectivity index (χ0) is 11.1. The Morgan fingerprint density at radius 3 is 2.27 bits per heavy atom. The van der Waals surface area contributed by atoms with Crippen LogP contribution in [0.25, 0.3) is 12.2 Å². The van der Waals surface area contributed by atoms with E-state index in [2.05, 4.69) is 67.4 Å².